The molecule has 3 N–H and O–H groups in total. The average Bonchev–Trinajstić information content (AvgIpc) is 2.91. The van der Waals surface area contributed by atoms with Crippen LogP contribution in [0.3, 0.4) is 0 Å². The molecule has 1 aliphatic heterocycles. The third-order valence-corrected chi connectivity index (χ3v) is 4.56. The van der Waals surface area contributed by atoms with E-state index >= 15 is 0 Å². The quantitative estimate of drug-likeness (QED) is 0.847. The molecule has 2 aromatic heterocycles. The molecule has 0 spiro atoms. The SMILES string of the molecule is CCC1CCCC(N)c2cc(ccn2)-c2c(cnn2C)NC1=O. The number of anilines is 1. The largest absolute Gasteiger partial charge is 0.323 e. The molecule has 2 aromatic rings. The van der Waals surface area contributed by atoms with Crippen LogP contribution in [-0.2, 0) is 11.8 Å². The second-order valence-corrected chi connectivity index (χ2v) is 6.13. The number of rotatable bonds is 1. The molecule has 0 saturated heterocycles. The standard InChI is InChI=1S/C17H23N5O/c1-3-11-5-4-6-13(18)14-9-12(7-8-19-14)16-15(21-17(11)23)10-20-22(16)2/h7-11,13H,3-6,18H2,1-2H3,(H,21,23). The van der Waals surface area contributed by atoms with Crippen molar-refractivity contribution in [2.75, 3.05) is 5.32 Å². The summed E-state index contributed by atoms with van der Waals surface area (Å²) in [5, 5.41) is 7.34. The Morgan fingerprint density at radius 1 is 1.43 bits per heavy atom. The Hall–Kier alpha value is -2.21. The summed E-state index contributed by atoms with van der Waals surface area (Å²) >= 11 is 0. The van der Waals surface area contributed by atoms with Crippen molar-refractivity contribution < 1.29 is 4.79 Å². The van der Waals surface area contributed by atoms with Gasteiger partial charge in [0.15, 0.2) is 0 Å². The topological polar surface area (TPSA) is 85.8 Å². The van der Waals surface area contributed by atoms with E-state index in [9.17, 15) is 4.79 Å². The summed E-state index contributed by atoms with van der Waals surface area (Å²) in [6.45, 7) is 2.05. The van der Waals surface area contributed by atoms with Crippen molar-refractivity contribution in [3.05, 3.63) is 30.2 Å². The van der Waals surface area contributed by atoms with Crippen molar-refractivity contribution in [1.29, 1.82) is 0 Å². The van der Waals surface area contributed by atoms with Crippen molar-refractivity contribution in [3.8, 4) is 11.3 Å². The van der Waals surface area contributed by atoms with Crippen molar-refractivity contribution in [2.24, 2.45) is 18.7 Å². The first-order valence-electron chi connectivity index (χ1n) is 8.15. The summed E-state index contributed by atoms with van der Waals surface area (Å²) in [6, 6.07) is 3.81. The number of nitrogens with two attached hydrogens (primary N) is 1. The van der Waals surface area contributed by atoms with Gasteiger partial charge < -0.3 is 11.1 Å². The molecule has 3 rings (SSSR count). The first kappa shape index (κ1) is 15.7. The van der Waals surface area contributed by atoms with Crippen LogP contribution in [0, 0.1) is 5.92 Å². The van der Waals surface area contributed by atoms with Crippen LogP contribution < -0.4 is 11.1 Å². The predicted molar refractivity (Wildman–Crippen MR) is 89.6 cm³/mol. The summed E-state index contributed by atoms with van der Waals surface area (Å²) in [5.74, 6) is 0.0613. The molecule has 6 nitrogen and oxygen atoms in total. The molecule has 23 heavy (non-hydrogen) atoms. The average molecular weight is 313 g/mol. The highest BCUT2D eigenvalue weighted by Gasteiger charge is 2.22. The Balaban J connectivity index is 2.08. The lowest BCUT2D eigenvalue weighted by Crippen LogP contribution is -2.23. The number of hydrogen-bond acceptors (Lipinski definition) is 4. The number of hydrogen-bond donors (Lipinski definition) is 2. The molecule has 0 saturated carbocycles. The third-order valence-electron chi connectivity index (χ3n) is 4.56. The summed E-state index contributed by atoms with van der Waals surface area (Å²) in [5.41, 5.74) is 9.76. The van der Waals surface area contributed by atoms with Gasteiger partial charge in [-0.2, -0.15) is 5.10 Å². The van der Waals surface area contributed by atoms with E-state index in [2.05, 4.69) is 15.4 Å². The maximum atomic E-state index is 12.5. The Labute approximate surface area is 136 Å². The van der Waals surface area contributed by atoms with E-state index in [-0.39, 0.29) is 17.9 Å². The van der Waals surface area contributed by atoms with E-state index in [0.717, 1.165) is 48.3 Å². The first-order valence-corrected chi connectivity index (χ1v) is 8.15. The van der Waals surface area contributed by atoms with E-state index in [0.29, 0.717) is 0 Å². The molecule has 0 aliphatic carbocycles. The fourth-order valence-electron chi connectivity index (χ4n) is 3.16. The van der Waals surface area contributed by atoms with Gasteiger partial charge in [-0.3, -0.25) is 14.5 Å². The van der Waals surface area contributed by atoms with Gasteiger partial charge in [0.1, 0.15) is 0 Å². The molecule has 2 unspecified atom stereocenters. The number of pyridine rings is 1. The number of nitrogens with one attached hydrogen (secondary N) is 1. The first-order chi connectivity index (χ1) is 11.1. The van der Waals surface area contributed by atoms with Crippen LogP contribution in [0.15, 0.2) is 24.5 Å². The molecule has 0 aromatic carbocycles. The summed E-state index contributed by atoms with van der Waals surface area (Å²) < 4.78 is 1.77. The van der Waals surface area contributed by atoms with Gasteiger partial charge in [-0.25, -0.2) is 0 Å². The number of carbonyl (C=O) groups excluding carboxylic acids is 1. The predicted octanol–water partition coefficient (Wildman–Crippen LogP) is 2.63. The highest BCUT2D eigenvalue weighted by Crippen LogP contribution is 2.31. The van der Waals surface area contributed by atoms with Gasteiger partial charge in [0.2, 0.25) is 5.91 Å². The van der Waals surface area contributed by atoms with E-state index in [1.54, 1.807) is 17.1 Å². The highest BCUT2D eigenvalue weighted by molar-refractivity contribution is 5.96. The van der Waals surface area contributed by atoms with Crippen molar-refractivity contribution in [1.82, 2.24) is 14.8 Å². The van der Waals surface area contributed by atoms with Crippen LogP contribution >= 0.6 is 0 Å². The van der Waals surface area contributed by atoms with Gasteiger partial charge in [0.25, 0.3) is 0 Å². The fourth-order valence-corrected chi connectivity index (χ4v) is 3.16. The third kappa shape index (κ3) is 3.12. The zero-order valence-electron chi connectivity index (χ0n) is 13.6. The Kier molecular flexibility index (Phi) is 4.43. The summed E-state index contributed by atoms with van der Waals surface area (Å²) in [7, 11) is 1.87. The van der Waals surface area contributed by atoms with Gasteiger partial charge in [-0.05, 0) is 31.4 Å². The lowest BCUT2D eigenvalue weighted by Gasteiger charge is -2.19. The molecule has 0 fully saturated rings. The van der Waals surface area contributed by atoms with Crippen molar-refractivity contribution in [3.63, 3.8) is 0 Å². The Morgan fingerprint density at radius 3 is 3.04 bits per heavy atom. The lowest BCUT2D eigenvalue weighted by molar-refractivity contribution is -0.120. The van der Waals surface area contributed by atoms with Crippen LogP contribution in [0.25, 0.3) is 11.3 Å². The molecule has 122 valence electrons. The van der Waals surface area contributed by atoms with Crippen LogP contribution in [0.2, 0.25) is 0 Å². The minimum Gasteiger partial charge on any atom is -0.323 e. The minimum absolute atomic E-state index is 0.000911. The molecule has 3 heterocycles. The highest BCUT2D eigenvalue weighted by atomic mass is 16.1. The van der Waals surface area contributed by atoms with E-state index in [1.807, 2.05) is 26.1 Å². The maximum absolute atomic E-state index is 12.5. The van der Waals surface area contributed by atoms with Crippen LogP contribution in [0.5, 0.6) is 0 Å². The van der Waals surface area contributed by atoms with Crippen LogP contribution in [0.4, 0.5) is 5.69 Å². The van der Waals surface area contributed by atoms with Crippen LogP contribution in [0.1, 0.15) is 44.3 Å². The monoisotopic (exact) mass is 313 g/mol. The molecule has 1 aliphatic rings. The smallest absolute Gasteiger partial charge is 0.227 e. The molecule has 2 bridgehead atoms. The number of nitrogens with zero attached hydrogens (tertiary/aromatic N) is 3. The van der Waals surface area contributed by atoms with E-state index in [1.165, 1.54) is 0 Å². The summed E-state index contributed by atoms with van der Waals surface area (Å²) in [4.78, 5) is 17.0. The minimum atomic E-state index is -0.105. The molecule has 2 atom stereocenters. The molecule has 1 amide bonds. The number of aryl methyl sites for hydroxylation is 1. The van der Waals surface area contributed by atoms with Gasteiger partial charge in [-0.15, -0.1) is 0 Å². The van der Waals surface area contributed by atoms with Crippen molar-refractivity contribution in [2.45, 2.75) is 38.6 Å². The van der Waals surface area contributed by atoms with Crippen LogP contribution in [-0.4, -0.2) is 20.7 Å². The van der Waals surface area contributed by atoms with E-state index < -0.39 is 0 Å². The molecular weight excluding hydrogens is 290 g/mol. The molecular formula is C17H23N5O. The normalized spacial score (nSPS) is 21.8. The number of carbonyl (C=O) groups is 1. The summed E-state index contributed by atoms with van der Waals surface area (Å²) in [6.07, 6.45) is 6.87. The second-order valence-electron chi connectivity index (χ2n) is 6.13. The zero-order chi connectivity index (χ0) is 16.4. The Morgan fingerprint density at radius 2 is 2.26 bits per heavy atom. The number of fused-ring (bicyclic) bond motifs is 4. The fraction of sp³-hybridized carbons (Fsp3) is 0.471. The van der Waals surface area contributed by atoms with Gasteiger partial charge in [0, 0.05) is 30.8 Å². The van der Waals surface area contributed by atoms with Crippen molar-refractivity contribution >= 4 is 11.6 Å². The zero-order valence-corrected chi connectivity index (χ0v) is 13.6. The lowest BCUT2D eigenvalue weighted by atomic mass is 9.95. The molecule has 6 heteroatoms. The van der Waals surface area contributed by atoms with Gasteiger partial charge in [-0.1, -0.05) is 13.3 Å². The van der Waals surface area contributed by atoms with Gasteiger partial charge >= 0.3 is 0 Å². The number of aromatic nitrogens is 3. The van der Waals surface area contributed by atoms with Gasteiger partial charge in [0.05, 0.1) is 23.3 Å². The molecule has 0 radical (unpaired) electrons. The maximum Gasteiger partial charge on any atom is 0.227 e. The number of amides is 1. The Bertz CT molecular complexity index is 709. The second kappa shape index (κ2) is 6.50. The van der Waals surface area contributed by atoms with E-state index in [4.69, 9.17) is 5.73 Å².